The number of rotatable bonds is 5. The summed E-state index contributed by atoms with van der Waals surface area (Å²) in [6, 6.07) is 15.2. The molecule has 0 saturated carbocycles. The van der Waals surface area contributed by atoms with Crippen LogP contribution in [0.3, 0.4) is 0 Å². The van der Waals surface area contributed by atoms with E-state index in [4.69, 9.17) is 0 Å². The molecule has 0 saturated heterocycles. The van der Waals surface area contributed by atoms with Crippen LogP contribution >= 0.6 is 11.3 Å². The van der Waals surface area contributed by atoms with Crippen molar-refractivity contribution in [2.45, 2.75) is 13.3 Å². The van der Waals surface area contributed by atoms with Crippen molar-refractivity contribution in [3.63, 3.8) is 0 Å². The maximum atomic E-state index is 13.7. The largest absolute Gasteiger partial charge is 0.353 e. The van der Waals surface area contributed by atoms with Gasteiger partial charge in [-0.2, -0.15) is 9.49 Å². The van der Waals surface area contributed by atoms with Gasteiger partial charge in [0.15, 0.2) is 10.8 Å². The van der Waals surface area contributed by atoms with Gasteiger partial charge in [-0.25, -0.2) is 4.98 Å². The molecule has 0 atom stereocenters. The third kappa shape index (κ3) is 3.85. The molecule has 0 aliphatic rings. The second kappa shape index (κ2) is 8.44. The van der Waals surface area contributed by atoms with Crippen molar-refractivity contribution >= 4 is 44.9 Å². The molecule has 172 valence electrons. The number of carbonyl (C=O) groups excluding carboxylic acids is 1. The number of halogens is 1. The van der Waals surface area contributed by atoms with Crippen LogP contribution in [-0.2, 0) is 4.79 Å². The molecule has 5 heterocycles. The first-order valence-electron chi connectivity index (χ1n) is 11.1. The van der Waals surface area contributed by atoms with Crippen molar-refractivity contribution < 1.29 is 9.18 Å². The van der Waals surface area contributed by atoms with Crippen LogP contribution in [0.5, 0.6) is 0 Å². The van der Waals surface area contributed by atoms with Gasteiger partial charge in [-0.1, -0.05) is 19.1 Å². The predicted octanol–water partition coefficient (Wildman–Crippen LogP) is 6.38. The number of pyridine rings is 2. The Morgan fingerprint density at radius 2 is 1.94 bits per heavy atom. The van der Waals surface area contributed by atoms with Crippen molar-refractivity contribution in [2.24, 2.45) is 0 Å². The second-order valence-corrected chi connectivity index (χ2v) is 9.15. The summed E-state index contributed by atoms with van der Waals surface area (Å²) < 4.78 is 13.7. The van der Waals surface area contributed by atoms with Crippen molar-refractivity contribution in [2.75, 3.05) is 5.32 Å². The first kappa shape index (κ1) is 21.2. The van der Waals surface area contributed by atoms with E-state index in [2.05, 4.69) is 30.5 Å². The number of nitrogens with zero attached hydrogens (tertiary/aromatic N) is 3. The second-order valence-electron chi connectivity index (χ2n) is 8.11. The molecule has 6 aromatic rings. The lowest BCUT2D eigenvalue weighted by atomic mass is 10.1. The van der Waals surface area contributed by atoms with Crippen LogP contribution in [0.4, 0.5) is 10.1 Å². The molecule has 0 aliphatic heterocycles. The Labute approximate surface area is 203 Å². The summed E-state index contributed by atoms with van der Waals surface area (Å²) in [5.74, 6) is -0.0712. The molecule has 0 unspecified atom stereocenters. The van der Waals surface area contributed by atoms with Gasteiger partial charge in [-0.3, -0.25) is 14.9 Å². The zero-order valence-electron chi connectivity index (χ0n) is 18.6. The SMILES string of the molecule is CCC(=O)Nc1cncc(-c2cnc3n[nH]c(-c4cc5c(-c6ccc(F)s6)cccc5[nH]4)c3c2)c1. The molecule has 0 radical (unpaired) electrons. The average molecular weight is 483 g/mol. The van der Waals surface area contributed by atoms with Crippen LogP contribution in [0.1, 0.15) is 13.3 Å². The number of aromatic amines is 2. The smallest absolute Gasteiger partial charge is 0.224 e. The summed E-state index contributed by atoms with van der Waals surface area (Å²) in [7, 11) is 0. The number of carbonyl (C=O) groups is 1. The quantitative estimate of drug-likeness (QED) is 0.265. The minimum Gasteiger partial charge on any atom is -0.353 e. The summed E-state index contributed by atoms with van der Waals surface area (Å²) in [5.41, 5.74) is 6.48. The fourth-order valence-corrected chi connectivity index (χ4v) is 4.91. The highest BCUT2D eigenvalue weighted by Crippen LogP contribution is 2.37. The molecular formula is C26H19FN6OS. The van der Waals surface area contributed by atoms with Gasteiger partial charge in [-0.15, -0.1) is 11.3 Å². The topological polar surface area (TPSA) is 99.3 Å². The van der Waals surface area contributed by atoms with Gasteiger partial charge >= 0.3 is 0 Å². The van der Waals surface area contributed by atoms with E-state index in [1.54, 1.807) is 31.6 Å². The Morgan fingerprint density at radius 3 is 2.77 bits per heavy atom. The van der Waals surface area contributed by atoms with Gasteiger partial charge in [0.25, 0.3) is 0 Å². The maximum Gasteiger partial charge on any atom is 0.224 e. The van der Waals surface area contributed by atoms with Gasteiger partial charge in [-0.05, 0) is 36.4 Å². The summed E-state index contributed by atoms with van der Waals surface area (Å²) in [5, 5.41) is 12.0. The summed E-state index contributed by atoms with van der Waals surface area (Å²) in [6.45, 7) is 1.80. The number of nitrogens with one attached hydrogen (secondary N) is 3. The normalized spacial score (nSPS) is 11.4. The van der Waals surface area contributed by atoms with Gasteiger partial charge in [0.1, 0.15) is 0 Å². The number of thiophene rings is 1. The van der Waals surface area contributed by atoms with E-state index in [9.17, 15) is 9.18 Å². The minimum atomic E-state index is -0.209. The van der Waals surface area contributed by atoms with E-state index in [-0.39, 0.29) is 11.0 Å². The zero-order valence-corrected chi connectivity index (χ0v) is 19.4. The molecule has 9 heteroatoms. The van der Waals surface area contributed by atoms with Crippen molar-refractivity contribution in [3.05, 3.63) is 72.3 Å². The lowest BCUT2D eigenvalue weighted by molar-refractivity contribution is -0.115. The molecular weight excluding hydrogens is 463 g/mol. The molecule has 0 fully saturated rings. The fourth-order valence-electron chi connectivity index (χ4n) is 4.14. The van der Waals surface area contributed by atoms with E-state index in [0.29, 0.717) is 17.8 Å². The number of hydrogen-bond donors (Lipinski definition) is 3. The number of anilines is 1. The average Bonchev–Trinajstić information content (AvgIpc) is 3.61. The van der Waals surface area contributed by atoms with E-state index in [1.807, 2.05) is 36.4 Å². The van der Waals surface area contributed by atoms with Gasteiger partial charge in [0, 0.05) is 56.7 Å². The number of fused-ring (bicyclic) bond motifs is 2. The van der Waals surface area contributed by atoms with Crippen LogP contribution in [0.25, 0.3) is 54.9 Å². The number of benzene rings is 1. The van der Waals surface area contributed by atoms with Crippen LogP contribution < -0.4 is 5.32 Å². The van der Waals surface area contributed by atoms with Crippen LogP contribution in [0, 0.1) is 5.13 Å². The minimum absolute atomic E-state index is 0.0712. The monoisotopic (exact) mass is 482 g/mol. The Morgan fingerprint density at radius 1 is 1.06 bits per heavy atom. The molecule has 1 aromatic carbocycles. The first-order valence-corrected chi connectivity index (χ1v) is 11.9. The van der Waals surface area contributed by atoms with Gasteiger partial charge in [0.05, 0.1) is 23.3 Å². The summed E-state index contributed by atoms with van der Waals surface area (Å²) in [4.78, 5) is 24.9. The van der Waals surface area contributed by atoms with Crippen LogP contribution in [0.2, 0.25) is 0 Å². The Hall–Kier alpha value is -4.37. The molecule has 5 aromatic heterocycles. The third-order valence-corrected chi connectivity index (χ3v) is 6.77. The Balaban J connectivity index is 1.43. The number of H-pyrrole nitrogens is 2. The van der Waals surface area contributed by atoms with E-state index in [1.165, 1.54) is 6.07 Å². The van der Waals surface area contributed by atoms with E-state index < -0.39 is 0 Å². The third-order valence-electron chi connectivity index (χ3n) is 5.86. The number of aromatic nitrogens is 5. The lowest BCUT2D eigenvalue weighted by Crippen LogP contribution is -2.09. The highest BCUT2D eigenvalue weighted by atomic mass is 32.1. The molecule has 35 heavy (non-hydrogen) atoms. The Bertz CT molecular complexity index is 1720. The van der Waals surface area contributed by atoms with E-state index >= 15 is 0 Å². The summed E-state index contributed by atoms with van der Waals surface area (Å²) in [6.07, 6.45) is 5.49. The molecule has 3 N–H and O–H groups in total. The van der Waals surface area contributed by atoms with Crippen molar-refractivity contribution in [1.82, 2.24) is 25.1 Å². The van der Waals surface area contributed by atoms with Gasteiger partial charge in [0.2, 0.25) is 5.91 Å². The molecule has 0 spiro atoms. The molecule has 1 amide bonds. The number of hydrogen-bond acceptors (Lipinski definition) is 5. The van der Waals surface area contributed by atoms with Crippen LogP contribution in [0.15, 0.2) is 67.1 Å². The van der Waals surface area contributed by atoms with Gasteiger partial charge < -0.3 is 10.3 Å². The van der Waals surface area contributed by atoms with E-state index in [0.717, 1.165) is 60.6 Å². The molecule has 7 nitrogen and oxygen atoms in total. The first-order chi connectivity index (χ1) is 17.1. The Kier molecular flexibility index (Phi) is 5.11. The molecule has 0 aliphatic carbocycles. The molecule has 0 bridgehead atoms. The number of amides is 1. The fraction of sp³-hybridized carbons (Fsp3) is 0.0769. The predicted molar refractivity (Wildman–Crippen MR) is 137 cm³/mol. The highest BCUT2D eigenvalue weighted by Gasteiger charge is 2.15. The molecule has 6 rings (SSSR count). The lowest BCUT2D eigenvalue weighted by Gasteiger charge is -2.06. The highest BCUT2D eigenvalue weighted by molar-refractivity contribution is 7.14. The van der Waals surface area contributed by atoms with Crippen molar-refractivity contribution in [1.29, 1.82) is 0 Å². The van der Waals surface area contributed by atoms with Crippen LogP contribution in [-0.4, -0.2) is 31.1 Å². The van der Waals surface area contributed by atoms with Crippen molar-refractivity contribution in [3.8, 4) is 33.0 Å². The maximum absolute atomic E-state index is 13.7. The standard InChI is InChI=1S/C26H19FN6OS/c1-2-24(34)30-16-8-14(11-28-13-16)15-9-19-25(32-33-26(19)29-12-15)21-10-18-17(4-3-5-20(18)31-21)22-6-7-23(27)35-22/h3-13,31H,2H2,1H3,(H,30,34)(H,29,32,33). The zero-order chi connectivity index (χ0) is 23.9. The summed E-state index contributed by atoms with van der Waals surface area (Å²) >= 11 is 1.13.